The molecule has 2 aliphatic carbocycles. The van der Waals surface area contributed by atoms with Gasteiger partial charge < -0.3 is 9.64 Å². The van der Waals surface area contributed by atoms with E-state index in [0.717, 1.165) is 48.2 Å². The van der Waals surface area contributed by atoms with E-state index in [1.165, 1.54) is 40.8 Å². The summed E-state index contributed by atoms with van der Waals surface area (Å²) in [5.74, 6) is 0.682. The van der Waals surface area contributed by atoms with Gasteiger partial charge in [-0.1, -0.05) is 72.8 Å². The van der Waals surface area contributed by atoms with Crippen LogP contribution in [0, 0.1) is 17.9 Å². The third-order valence-electron chi connectivity index (χ3n) is 9.05. The number of hydrogen-bond acceptors (Lipinski definition) is 3. The van der Waals surface area contributed by atoms with Gasteiger partial charge in [-0.05, 0) is 102 Å². The van der Waals surface area contributed by atoms with Crippen LogP contribution < -0.4 is 4.90 Å². The molecule has 44 heavy (non-hydrogen) atoms. The lowest BCUT2D eigenvalue weighted by atomic mass is 9.87. The van der Waals surface area contributed by atoms with Crippen LogP contribution in [0.25, 0.3) is 10.9 Å². The number of para-hydroxylation sites is 1. The zero-order valence-corrected chi connectivity index (χ0v) is 24.7. The van der Waals surface area contributed by atoms with Crippen LogP contribution in [0.4, 0.5) is 17.1 Å². The van der Waals surface area contributed by atoms with Crippen LogP contribution in [0.5, 0.6) is 0 Å². The molecule has 0 fully saturated rings. The van der Waals surface area contributed by atoms with Gasteiger partial charge in [-0.3, -0.25) is 0 Å². The van der Waals surface area contributed by atoms with Crippen molar-refractivity contribution in [1.29, 1.82) is 5.26 Å². The van der Waals surface area contributed by atoms with E-state index < -0.39 is 5.60 Å². The van der Waals surface area contributed by atoms with E-state index in [1.807, 2.05) is 12.2 Å². The van der Waals surface area contributed by atoms with Gasteiger partial charge in [0.15, 0.2) is 0 Å². The summed E-state index contributed by atoms with van der Waals surface area (Å²) in [5, 5.41) is 9.66. The van der Waals surface area contributed by atoms with Gasteiger partial charge in [0, 0.05) is 36.3 Å². The molecule has 0 N–H and O–H groups in total. The average molecular weight is 572 g/mol. The second-order valence-electron chi connectivity index (χ2n) is 11.9. The summed E-state index contributed by atoms with van der Waals surface area (Å²) in [4.78, 5) is 5.90. The third kappa shape index (κ3) is 5.32. The van der Waals surface area contributed by atoms with E-state index in [-0.39, 0.29) is 5.70 Å². The van der Waals surface area contributed by atoms with Gasteiger partial charge in [0.1, 0.15) is 11.4 Å². The predicted molar refractivity (Wildman–Crippen MR) is 176 cm³/mol. The second-order valence-corrected chi connectivity index (χ2v) is 11.9. The van der Waals surface area contributed by atoms with E-state index in [9.17, 15) is 5.26 Å². The minimum absolute atomic E-state index is 0.142. The van der Waals surface area contributed by atoms with E-state index in [4.69, 9.17) is 11.3 Å². The highest BCUT2D eigenvalue weighted by atomic mass is 16.5. The number of hydrogen-bond donors (Lipinski definition) is 0. The molecule has 0 bridgehead atoms. The zero-order chi connectivity index (χ0) is 29.9. The quantitative estimate of drug-likeness (QED) is 0.177. The number of aryl methyl sites for hydroxylation is 1. The van der Waals surface area contributed by atoms with Crippen molar-refractivity contribution in [2.75, 3.05) is 4.90 Å². The predicted octanol–water partition coefficient (Wildman–Crippen LogP) is 9.59. The molecule has 4 heteroatoms. The number of allylic oxidation sites excluding steroid dienone is 3. The zero-order valence-electron chi connectivity index (χ0n) is 24.7. The second kappa shape index (κ2) is 11.8. The lowest BCUT2D eigenvalue weighted by Gasteiger charge is -2.35. The highest BCUT2D eigenvalue weighted by molar-refractivity contribution is 5.79. The molecule has 0 radical (unpaired) electrons. The fourth-order valence-electron chi connectivity index (χ4n) is 7.03. The first-order valence-corrected chi connectivity index (χ1v) is 15.4. The lowest BCUT2D eigenvalue weighted by molar-refractivity contribution is 0.0108. The van der Waals surface area contributed by atoms with E-state index in [0.29, 0.717) is 12.2 Å². The molecule has 1 spiro atoms. The Labute approximate surface area is 259 Å². The van der Waals surface area contributed by atoms with Crippen molar-refractivity contribution in [2.45, 2.75) is 50.5 Å². The lowest BCUT2D eigenvalue weighted by Crippen LogP contribution is -2.36. The minimum atomic E-state index is -0.477. The van der Waals surface area contributed by atoms with Crippen molar-refractivity contribution in [3.05, 3.63) is 165 Å². The molecule has 0 atom stereocenters. The van der Waals surface area contributed by atoms with Gasteiger partial charge >= 0.3 is 0 Å². The van der Waals surface area contributed by atoms with Gasteiger partial charge in [0.25, 0.3) is 5.70 Å². The average Bonchev–Trinajstić information content (AvgIpc) is 3.42. The monoisotopic (exact) mass is 571 g/mol. The Morgan fingerprint density at radius 1 is 0.773 bits per heavy atom. The van der Waals surface area contributed by atoms with E-state index in [2.05, 4.69) is 119 Å². The summed E-state index contributed by atoms with van der Waals surface area (Å²) in [7, 11) is 0. The molecule has 0 saturated carbocycles. The summed E-state index contributed by atoms with van der Waals surface area (Å²) in [6.45, 7) is 7.57. The molecule has 0 saturated heterocycles. The SMILES string of the molecule is [C-]#[N+]C(C#N)=C1C=C(C=Cc2ccc(N(c3ccccc3)c3cccc4c3CCCC4)cc2)OC2(C1)Cc1ccccc1C2. The number of nitrogens with zero attached hydrogens (tertiary/aromatic N) is 3. The molecular weight excluding hydrogens is 538 g/mol. The molecule has 3 aliphatic rings. The maximum absolute atomic E-state index is 9.66. The number of fused-ring (bicyclic) bond motifs is 2. The van der Waals surface area contributed by atoms with E-state index >= 15 is 0 Å². The first-order chi connectivity index (χ1) is 21.6. The van der Waals surface area contributed by atoms with E-state index in [1.54, 1.807) is 0 Å². The summed E-state index contributed by atoms with van der Waals surface area (Å²) in [5.41, 5.74) is 10.4. The highest BCUT2D eigenvalue weighted by Crippen LogP contribution is 2.43. The maximum atomic E-state index is 9.66. The first-order valence-electron chi connectivity index (χ1n) is 15.4. The van der Waals surface area contributed by atoms with Crippen LogP contribution in [0.1, 0.15) is 47.1 Å². The molecule has 0 unspecified atom stereocenters. The fourth-order valence-corrected chi connectivity index (χ4v) is 7.03. The van der Waals surface area contributed by atoms with Crippen molar-refractivity contribution in [2.24, 2.45) is 0 Å². The Balaban J connectivity index is 1.19. The van der Waals surface area contributed by atoms with Crippen molar-refractivity contribution in [3.8, 4) is 6.07 Å². The van der Waals surface area contributed by atoms with Gasteiger partial charge in [0.2, 0.25) is 0 Å². The largest absolute Gasteiger partial charge is 0.486 e. The van der Waals surface area contributed by atoms with Gasteiger partial charge in [-0.15, -0.1) is 0 Å². The number of rotatable bonds is 5. The summed E-state index contributed by atoms with van der Waals surface area (Å²) >= 11 is 0. The molecule has 0 amide bonds. The molecule has 1 aliphatic heterocycles. The maximum Gasteiger partial charge on any atom is 0.265 e. The summed E-state index contributed by atoms with van der Waals surface area (Å²) in [6, 6.07) is 36.5. The van der Waals surface area contributed by atoms with Crippen LogP contribution in [0.2, 0.25) is 0 Å². The summed E-state index contributed by atoms with van der Waals surface area (Å²) in [6.07, 6.45) is 12.7. The van der Waals surface area contributed by atoms with Crippen molar-refractivity contribution in [3.63, 3.8) is 0 Å². The highest BCUT2D eigenvalue weighted by Gasteiger charge is 2.42. The van der Waals surface area contributed by atoms with Crippen molar-refractivity contribution < 1.29 is 4.74 Å². The third-order valence-corrected chi connectivity index (χ3v) is 9.05. The Morgan fingerprint density at radius 2 is 1.45 bits per heavy atom. The normalized spacial score (nSPS) is 17.5. The van der Waals surface area contributed by atoms with Crippen molar-refractivity contribution >= 4 is 23.1 Å². The molecule has 7 rings (SSSR count). The van der Waals surface area contributed by atoms with Crippen LogP contribution >= 0.6 is 0 Å². The van der Waals surface area contributed by atoms with Crippen LogP contribution in [-0.2, 0) is 30.4 Å². The number of anilines is 3. The number of benzene rings is 4. The molecule has 0 aromatic heterocycles. The Hall–Kier alpha value is -5.32. The molecular formula is C40H33N3O. The van der Waals surface area contributed by atoms with Crippen molar-refractivity contribution in [1.82, 2.24) is 0 Å². The molecule has 214 valence electrons. The molecule has 4 aromatic rings. The summed E-state index contributed by atoms with van der Waals surface area (Å²) < 4.78 is 6.66. The smallest absolute Gasteiger partial charge is 0.265 e. The first kappa shape index (κ1) is 27.5. The number of nitriles is 1. The van der Waals surface area contributed by atoms with Gasteiger partial charge in [-0.2, -0.15) is 0 Å². The molecule has 4 aromatic carbocycles. The number of ether oxygens (including phenoxy) is 1. The Kier molecular flexibility index (Phi) is 7.35. The van der Waals surface area contributed by atoms with Gasteiger partial charge in [0.05, 0.1) is 12.6 Å². The van der Waals surface area contributed by atoms with Crippen LogP contribution in [0.3, 0.4) is 0 Å². The van der Waals surface area contributed by atoms with Crippen LogP contribution in [0.15, 0.2) is 126 Å². The fraction of sp³-hybridized carbons (Fsp3) is 0.200. The Morgan fingerprint density at radius 3 is 2.18 bits per heavy atom. The van der Waals surface area contributed by atoms with Crippen LogP contribution in [-0.4, -0.2) is 5.60 Å². The van der Waals surface area contributed by atoms with Gasteiger partial charge in [-0.25, -0.2) is 10.1 Å². The standard InChI is InChI=1S/C40H33N3O/c1-42-38(28-41)33-24-36(44-40(27-33)25-31-11-5-6-12-32(31)26-40)23-20-29-18-21-35(22-19-29)43(34-14-3-2-4-15-34)39-17-9-13-30-10-7-8-16-37(30)39/h2-6,9,11-15,17-24H,7-8,10,16,25-27H2. The molecule has 4 nitrogen and oxygen atoms in total. The molecule has 1 heterocycles. The topological polar surface area (TPSA) is 40.6 Å². The Bertz CT molecular complexity index is 1840. The minimum Gasteiger partial charge on any atom is -0.486 e.